The van der Waals surface area contributed by atoms with Crippen molar-refractivity contribution in [3.8, 4) is 5.75 Å². The topological polar surface area (TPSA) is 67.9 Å². The Kier molecular flexibility index (Phi) is 6.74. The Morgan fingerprint density at radius 1 is 1.00 bits per heavy atom. The summed E-state index contributed by atoms with van der Waals surface area (Å²) in [7, 11) is 6.86. The summed E-state index contributed by atoms with van der Waals surface area (Å²) in [5, 5.41) is 2.94. The van der Waals surface area contributed by atoms with Gasteiger partial charge in [-0.25, -0.2) is 4.79 Å². The SMILES string of the molecule is COC(=O)c1ccc(C(=O)NCC(c2ccccc2OC)N(C)C)cc1. The molecule has 0 saturated heterocycles. The van der Waals surface area contributed by atoms with Gasteiger partial charge in [0.1, 0.15) is 5.75 Å². The van der Waals surface area contributed by atoms with Gasteiger partial charge in [-0.3, -0.25) is 4.79 Å². The predicted octanol–water partition coefficient (Wildman–Crippen LogP) is 2.51. The number of nitrogens with one attached hydrogen (secondary N) is 1. The summed E-state index contributed by atoms with van der Waals surface area (Å²) in [6.07, 6.45) is 0. The highest BCUT2D eigenvalue weighted by molar-refractivity contribution is 5.96. The van der Waals surface area contributed by atoms with Crippen LogP contribution in [0.3, 0.4) is 0 Å². The summed E-state index contributed by atoms with van der Waals surface area (Å²) < 4.78 is 10.1. The molecule has 1 atom stereocenters. The van der Waals surface area contributed by atoms with Crippen molar-refractivity contribution in [2.24, 2.45) is 0 Å². The van der Waals surface area contributed by atoms with Gasteiger partial charge in [0.15, 0.2) is 0 Å². The number of rotatable bonds is 7. The summed E-state index contributed by atoms with van der Waals surface area (Å²) in [5.74, 6) is 0.145. The molecule has 6 nitrogen and oxygen atoms in total. The number of likely N-dealkylation sites (N-methyl/N-ethyl adjacent to an activating group) is 1. The molecule has 0 aliphatic heterocycles. The molecule has 1 N–H and O–H groups in total. The molecule has 1 amide bonds. The first-order valence-electron chi connectivity index (χ1n) is 8.23. The highest BCUT2D eigenvalue weighted by Gasteiger charge is 2.19. The van der Waals surface area contributed by atoms with Crippen LogP contribution >= 0.6 is 0 Å². The zero-order valence-corrected chi connectivity index (χ0v) is 15.5. The number of para-hydroxylation sites is 1. The molecule has 0 spiro atoms. The van der Waals surface area contributed by atoms with Crippen LogP contribution in [0.4, 0.5) is 0 Å². The van der Waals surface area contributed by atoms with E-state index in [9.17, 15) is 9.59 Å². The fraction of sp³-hybridized carbons (Fsp3) is 0.300. The van der Waals surface area contributed by atoms with Gasteiger partial charge in [-0.15, -0.1) is 0 Å². The van der Waals surface area contributed by atoms with E-state index in [1.54, 1.807) is 31.4 Å². The van der Waals surface area contributed by atoms with Crippen LogP contribution in [0.5, 0.6) is 5.75 Å². The molecule has 2 aromatic rings. The number of esters is 1. The molecule has 0 saturated carbocycles. The molecule has 26 heavy (non-hydrogen) atoms. The minimum atomic E-state index is -0.430. The quantitative estimate of drug-likeness (QED) is 0.772. The van der Waals surface area contributed by atoms with Crippen LogP contribution in [0.1, 0.15) is 32.3 Å². The number of carbonyl (C=O) groups is 2. The molecule has 6 heteroatoms. The van der Waals surface area contributed by atoms with E-state index in [-0.39, 0.29) is 11.9 Å². The van der Waals surface area contributed by atoms with E-state index < -0.39 is 5.97 Å². The Hall–Kier alpha value is -2.86. The van der Waals surface area contributed by atoms with Crippen LogP contribution in [-0.2, 0) is 4.74 Å². The normalized spacial score (nSPS) is 11.7. The Labute approximate surface area is 153 Å². The Balaban J connectivity index is 2.09. The fourth-order valence-corrected chi connectivity index (χ4v) is 2.68. The van der Waals surface area contributed by atoms with Crippen molar-refractivity contribution in [1.29, 1.82) is 0 Å². The highest BCUT2D eigenvalue weighted by Crippen LogP contribution is 2.27. The third kappa shape index (κ3) is 4.61. The van der Waals surface area contributed by atoms with Gasteiger partial charge in [0.05, 0.1) is 25.8 Å². The van der Waals surface area contributed by atoms with Gasteiger partial charge >= 0.3 is 5.97 Å². The Morgan fingerprint density at radius 3 is 2.19 bits per heavy atom. The molecule has 2 rings (SSSR count). The molecule has 0 bridgehead atoms. The van der Waals surface area contributed by atoms with E-state index in [0.717, 1.165) is 11.3 Å². The van der Waals surface area contributed by atoms with Crippen molar-refractivity contribution in [3.63, 3.8) is 0 Å². The lowest BCUT2D eigenvalue weighted by Gasteiger charge is -2.26. The zero-order valence-electron chi connectivity index (χ0n) is 15.5. The van der Waals surface area contributed by atoms with E-state index in [2.05, 4.69) is 10.1 Å². The maximum Gasteiger partial charge on any atom is 0.337 e. The van der Waals surface area contributed by atoms with E-state index in [1.807, 2.05) is 43.3 Å². The highest BCUT2D eigenvalue weighted by atomic mass is 16.5. The van der Waals surface area contributed by atoms with Gasteiger partial charge < -0.3 is 19.7 Å². The van der Waals surface area contributed by atoms with Crippen molar-refractivity contribution < 1.29 is 19.1 Å². The lowest BCUT2D eigenvalue weighted by atomic mass is 10.0. The number of ether oxygens (including phenoxy) is 2. The molecule has 0 aliphatic carbocycles. The van der Waals surface area contributed by atoms with Crippen molar-refractivity contribution >= 4 is 11.9 Å². The summed E-state index contributed by atoms with van der Waals surface area (Å²) in [5.41, 5.74) is 1.89. The molecule has 0 fully saturated rings. The number of benzene rings is 2. The molecule has 0 aromatic heterocycles. The minimum absolute atomic E-state index is 0.0376. The molecule has 0 aliphatic rings. The van der Waals surface area contributed by atoms with Gasteiger partial charge in [-0.1, -0.05) is 18.2 Å². The van der Waals surface area contributed by atoms with Crippen LogP contribution in [0.15, 0.2) is 48.5 Å². The smallest absolute Gasteiger partial charge is 0.337 e. The van der Waals surface area contributed by atoms with Crippen LogP contribution < -0.4 is 10.1 Å². The van der Waals surface area contributed by atoms with Crippen molar-refractivity contribution in [2.75, 3.05) is 34.9 Å². The standard InChI is InChI=1S/C20H24N2O4/c1-22(2)17(16-7-5-6-8-18(16)25-3)13-21-19(23)14-9-11-15(12-10-14)20(24)26-4/h5-12,17H,13H2,1-4H3,(H,21,23). The maximum atomic E-state index is 12.4. The van der Waals surface area contributed by atoms with Crippen LogP contribution in [0, 0.1) is 0 Å². The van der Waals surface area contributed by atoms with Gasteiger partial charge in [0.25, 0.3) is 5.91 Å². The van der Waals surface area contributed by atoms with Gasteiger partial charge in [0.2, 0.25) is 0 Å². The number of nitrogens with zero attached hydrogens (tertiary/aromatic N) is 1. The van der Waals surface area contributed by atoms with Crippen molar-refractivity contribution in [1.82, 2.24) is 10.2 Å². The van der Waals surface area contributed by atoms with E-state index >= 15 is 0 Å². The largest absolute Gasteiger partial charge is 0.496 e. The molecule has 0 heterocycles. The van der Waals surface area contributed by atoms with E-state index in [0.29, 0.717) is 17.7 Å². The first kappa shape index (κ1) is 19.5. The second kappa shape index (κ2) is 9.01. The first-order chi connectivity index (χ1) is 12.5. The number of carbonyl (C=O) groups excluding carboxylic acids is 2. The Morgan fingerprint density at radius 2 is 1.62 bits per heavy atom. The molecule has 1 unspecified atom stereocenters. The maximum absolute atomic E-state index is 12.4. The third-order valence-corrected chi connectivity index (χ3v) is 4.15. The summed E-state index contributed by atoms with van der Waals surface area (Å²) >= 11 is 0. The minimum Gasteiger partial charge on any atom is -0.496 e. The zero-order chi connectivity index (χ0) is 19.1. The number of amides is 1. The second-order valence-corrected chi connectivity index (χ2v) is 6.00. The number of methoxy groups -OCH3 is 2. The van der Waals surface area contributed by atoms with Gasteiger partial charge in [0, 0.05) is 17.7 Å². The average Bonchev–Trinajstić information content (AvgIpc) is 2.67. The average molecular weight is 356 g/mol. The van der Waals surface area contributed by atoms with Crippen molar-refractivity contribution in [3.05, 3.63) is 65.2 Å². The molecular weight excluding hydrogens is 332 g/mol. The summed E-state index contributed by atoms with van der Waals surface area (Å²) in [6.45, 7) is 0.422. The van der Waals surface area contributed by atoms with Gasteiger partial charge in [-0.05, 0) is 44.4 Å². The molecular formula is C20H24N2O4. The van der Waals surface area contributed by atoms with E-state index in [4.69, 9.17) is 4.74 Å². The first-order valence-corrected chi connectivity index (χ1v) is 8.23. The monoisotopic (exact) mass is 356 g/mol. The number of hydrogen-bond acceptors (Lipinski definition) is 5. The summed E-state index contributed by atoms with van der Waals surface area (Å²) in [4.78, 5) is 25.9. The third-order valence-electron chi connectivity index (χ3n) is 4.15. The molecule has 138 valence electrons. The van der Waals surface area contributed by atoms with E-state index in [1.165, 1.54) is 7.11 Å². The Bertz CT molecular complexity index is 757. The summed E-state index contributed by atoms with van der Waals surface area (Å²) in [6, 6.07) is 14.1. The molecule has 2 aromatic carbocycles. The lowest BCUT2D eigenvalue weighted by molar-refractivity contribution is 0.0600. The second-order valence-electron chi connectivity index (χ2n) is 6.00. The van der Waals surface area contributed by atoms with Crippen LogP contribution in [0.2, 0.25) is 0 Å². The van der Waals surface area contributed by atoms with Crippen molar-refractivity contribution in [2.45, 2.75) is 6.04 Å². The number of hydrogen-bond donors (Lipinski definition) is 1. The fourth-order valence-electron chi connectivity index (χ4n) is 2.68. The van der Waals surface area contributed by atoms with Crippen LogP contribution in [0.25, 0.3) is 0 Å². The van der Waals surface area contributed by atoms with Gasteiger partial charge in [-0.2, -0.15) is 0 Å². The van der Waals surface area contributed by atoms with Crippen LogP contribution in [-0.4, -0.2) is 51.6 Å². The lowest BCUT2D eigenvalue weighted by Crippen LogP contribution is -2.34. The molecule has 0 radical (unpaired) electrons. The predicted molar refractivity (Wildman–Crippen MR) is 99.5 cm³/mol.